The lowest BCUT2D eigenvalue weighted by Gasteiger charge is -2.24. The van der Waals surface area contributed by atoms with Crippen molar-refractivity contribution in [2.45, 2.75) is 33.2 Å². The van der Waals surface area contributed by atoms with Crippen LogP contribution in [0.25, 0.3) is 0 Å². The van der Waals surface area contributed by atoms with Gasteiger partial charge in [-0.25, -0.2) is 9.48 Å². The fourth-order valence-corrected chi connectivity index (χ4v) is 4.71. The van der Waals surface area contributed by atoms with E-state index in [1.54, 1.807) is 24.1 Å². The average Bonchev–Trinajstić information content (AvgIpc) is 3.07. The molecule has 2 unspecified atom stereocenters. The van der Waals surface area contributed by atoms with Gasteiger partial charge in [0.1, 0.15) is 5.75 Å². The number of likely N-dealkylation sites (tertiary alicyclic amines) is 1. The molecular weight excluding hydrogens is 437 g/mol. The molecule has 10 heteroatoms. The third-order valence-corrected chi connectivity index (χ3v) is 6.53. The van der Waals surface area contributed by atoms with Crippen LogP contribution in [0, 0.1) is 17.8 Å². The summed E-state index contributed by atoms with van der Waals surface area (Å²) in [5.74, 6) is 1.48. The van der Waals surface area contributed by atoms with E-state index in [4.69, 9.17) is 4.74 Å². The predicted molar refractivity (Wildman–Crippen MR) is 115 cm³/mol. The Balaban J connectivity index is 1.48. The van der Waals surface area contributed by atoms with Gasteiger partial charge in [0, 0.05) is 39.3 Å². The molecule has 1 aromatic heterocycles. The number of halogens is 3. The standard InChI is InChI=1S/C23H29F3N4O3/c1-4-16-10-21(28(3)27-16)32-22(31)30(14-20-18-12-29(5-2)13-19(18)20)11-15-7-6-8-17(9-15)33-23(24,25)26/h6-10,18-20H,4-5,11-14H2,1-3H3. The van der Waals surface area contributed by atoms with Crippen molar-refractivity contribution in [1.82, 2.24) is 19.6 Å². The zero-order valence-corrected chi connectivity index (χ0v) is 19.0. The van der Waals surface area contributed by atoms with Gasteiger partial charge in [0.25, 0.3) is 0 Å². The quantitative estimate of drug-likeness (QED) is 0.587. The largest absolute Gasteiger partial charge is 0.573 e. The molecule has 2 fully saturated rings. The minimum Gasteiger partial charge on any atom is -0.406 e. The Hall–Kier alpha value is -2.75. The van der Waals surface area contributed by atoms with E-state index >= 15 is 0 Å². The van der Waals surface area contributed by atoms with Crippen LogP contribution in [-0.2, 0) is 20.0 Å². The fraction of sp³-hybridized carbons (Fsp3) is 0.565. The van der Waals surface area contributed by atoms with Crippen molar-refractivity contribution in [1.29, 1.82) is 0 Å². The molecule has 0 spiro atoms. The molecule has 0 radical (unpaired) electrons. The van der Waals surface area contributed by atoms with Crippen molar-refractivity contribution in [2.75, 3.05) is 26.2 Å². The van der Waals surface area contributed by atoms with Crippen LogP contribution in [-0.4, -0.2) is 58.2 Å². The molecular formula is C23H29F3N4O3. The number of carbonyl (C=O) groups is 1. The van der Waals surface area contributed by atoms with Crippen LogP contribution in [0.3, 0.4) is 0 Å². The average molecular weight is 467 g/mol. The summed E-state index contributed by atoms with van der Waals surface area (Å²) in [6.07, 6.45) is -4.61. The zero-order chi connectivity index (χ0) is 23.8. The number of ether oxygens (including phenoxy) is 2. The van der Waals surface area contributed by atoms with Gasteiger partial charge in [-0.1, -0.05) is 26.0 Å². The van der Waals surface area contributed by atoms with Gasteiger partial charge in [-0.2, -0.15) is 5.10 Å². The van der Waals surface area contributed by atoms with Gasteiger partial charge in [-0.15, -0.1) is 13.2 Å². The smallest absolute Gasteiger partial charge is 0.406 e. The van der Waals surface area contributed by atoms with Crippen LogP contribution in [0.4, 0.5) is 18.0 Å². The highest BCUT2D eigenvalue weighted by Gasteiger charge is 2.55. The topological polar surface area (TPSA) is 59.8 Å². The van der Waals surface area contributed by atoms with E-state index in [2.05, 4.69) is 21.7 Å². The molecule has 1 saturated heterocycles. The van der Waals surface area contributed by atoms with Gasteiger partial charge in [0.15, 0.2) is 0 Å². The Labute approximate surface area is 191 Å². The maximum atomic E-state index is 13.1. The molecule has 1 saturated carbocycles. The highest BCUT2D eigenvalue weighted by atomic mass is 19.4. The molecule has 0 bridgehead atoms. The number of hydrogen-bond donors (Lipinski definition) is 0. The number of nitrogens with zero attached hydrogens (tertiary/aromatic N) is 4. The lowest BCUT2D eigenvalue weighted by molar-refractivity contribution is -0.274. The van der Waals surface area contributed by atoms with Crippen molar-refractivity contribution in [3.05, 3.63) is 41.6 Å². The Morgan fingerprint density at radius 2 is 1.94 bits per heavy atom. The summed E-state index contributed by atoms with van der Waals surface area (Å²) in [5.41, 5.74) is 1.34. The van der Waals surface area contributed by atoms with E-state index in [0.717, 1.165) is 25.3 Å². The molecule has 2 heterocycles. The van der Waals surface area contributed by atoms with Crippen LogP contribution in [0.5, 0.6) is 11.6 Å². The number of benzene rings is 1. The maximum Gasteiger partial charge on any atom is 0.573 e. The van der Waals surface area contributed by atoms with E-state index in [0.29, 0.717) is 42.2 Å². The molecule has 7 nitrogen and oxygen atoms in total. The third-order valence-electron chi connectivity index (χ3n) is 6.53. The van der Waals surface area contributed by atoms with E-state index < -0.39 is 12.5 Å². The van der Waals surface area contributed by atoms with Crippen molar-refractivity contribution >= 4 is 6.09 Å². The summed E-state index contributed by atoms with van der Waals surface area (Å²) >= 11 is 0. The van der Waals surface area contributed by atoms with Crippen molar-refractivity contribution < 1.29 is 27.4 Å². The molecule has 180 valence electrons. The van der Waals surface area contributed by atoms with Crippen molar-refractivity contribution in [3.8, 4) is 11.6 Å². The molecule has 33 heavy (non-hydrogen) atoms. The lowest BCUT2D eigenvalue weighted by Crippen LogP contribution is -2.37. The van der Waals surface area contributed by atoms with Crippen molar-refractivity contribution in [2.24, 2.45) is 24.8 Å². The van der Waals surface area contributed by atoms with E-state index in [9.17, 15) is 18.0 Å². The number of aryl methyl sites for hydroxylation is 2. The molecule has 2 atom stereocenters. The van der Waals surface area contributed by atoms with Gasteiger partial charge in [-0.3, -0.25) is 0 Å². The zero-order valence-electron chi connectivity index (χ0n) is 19.0. The minimum atomic E-state index is -4.77. The van der Waals surface area contributed by atoms with Gasteiger partial charge >= 0.3 is 12.5 Å². The second kappa shape index (κ2) is 9.24. The molecule has 1 aliphatic heterocycles. The summed E-state index contributed by atoms with van der Waals surface area (Å²) in [6.45, 7) is 7.77. The number of piperidine rings is 1. The molecule has 1 aliphatic carbocycles. The predicted octanol–water partition coefficient (Wildman–Crippen LogP) is 4.08. The SMILES string of the molecule is CCc1cc(OC(=O)N(Cc2cccc(OC(F)(F)F)c2)CC2C3CN(CC)CC32)n(C)n1. The number of amides is 1. The van der Waals surface area contributed by atoms with Crippen LogP contribution in [0.2, 0.25) is 0 Å². The minimum absolute atomic E-state index is 0.125. The number of carbonyl (C=O) groups excluding carboxylic acids is 1. The van der Waals surface area contributed by atoms with Crippen LogP contribution >= 0.6 is 0 Å². The number of rotatable bonds is 8. The Bertz CT molecular complexity index is 982. The number of alkyl halides is 3. The number of hydrogen-bond acceptors (Lipinski definition) is 5. The first-order chi connectivity index (χ1) is 15.7. The molecule has 1 amide bonds. The van der Waals surface area contributed by atoms with Crippen LogP contribution in [0.15, 0.2) is 30.3 Å². The van der Waals surface area contributed by atoms with Gasteiger partial charge in [-0.05, 0) is 48.4 Å². The molecule has 1 aromatic carbocycles. The van der Waals surface area contributed by atoms with E-state index in [1.807, 2.05) is 6.92 Å². The fourth-order valence-electron chi connectivity index (χ4n) is 4.71. The van der Waals surface area contributed by atoms with E-state index in [-0.39, 0.29) is 12.3 Å². The summed E-state index contributed by atoms with van der Waals surface area (Å²) in [5, 5.41) is 4.30. The molecule has 0 N–H and O–H groups in total. The van der Waals surface area contributed by atoms with Gasteiger partial charge in [0.2, 0.25) is 5.88 Å². The summed E-state index contributed by atoms with van der Waals surface area (Å²) < 4.78 is 49.1. The first-order valence-electron chi connectivity index (χ1n) is 11.2. The first kappa shape index (κ1) is 23.4. The number of fused-ring (bicyclic) bond motifs is 1. The van der Waals surface area contributed by atoms with Crippen LogP contribution in [0.1, 0.15) is 25.1 Å². The van der Waals surface area contributed by atoms with Crippen molar-refractivity contribution in [3.63, 3.8) is 0 Å². The Morgan fingerprint density at radius 3 is 2.55 bits per heavy atom. The Morgan fingerprint density at radius 1 is 1.21 bits per heavy atom. The second-order valence-corrected chi connectivity index (χ2v) is 8.74. The summed E-state index contributed by atoms with van der Waals surface area (Å²) in [4.78, 5) is 17.1. The summed E-state index contributed by atoms with van der Waals surface area (Å²) in [7, 11) is 1.70. The monoisotopic (exact) mass is 466 g/mol. The molecule has 2 aliphatic rings. The maximum absolute atomic E-state index is 13.1. The van der Waals surface area contributed by atoms with Gasteiger partial charge < -0.3 is 19.3 Å². The highest BCUT2D eigenvalue weighted by Crippen LogP contribution is 2.52. The third kappa shape index (κ3) is 5.61. The first-order valence-corrected chi connectivity index (χ1v) is 11.2. The summed E-state index contributed by atoms with van der Waals surface area (Å²) in [6, 6.07) is 7.43. The molecule has 2 aromatic rings. The van der Waals surface area contributed by atoms with Crippen LogP contribution < -0.4 is 9.47 Å². The lowest BCUT2D eigenvalue weighted by atomic mass is 10.2. The number of aromatic nitrogens is 2. The Kier molecular flexibility index (Phi) is 6.56. The normalized spacial score (nSPS) is 22.2. The van der Waals surface area contributed by atoms with Gasteiger partial charge in [0.05, 0.1) is 5.69 Å². The second-order valence-electron chi connectivity index (χ2n) is 8.74. The van der Waals surface area contributed by atoms with E-state index in [1.165, 1.54) is 22.9 Å². The highest BCUT2D eigenvalue weighted by molar-refractivity contribution is 5.70. The molecule has 4 rings (SSSR count).